The molecule has 0 aliphatic carbocycles. The van der Waals surface area contributed by atoms with Gasteiger partial charge in [-0.1, -0.05) is 18.2 Å². The van der Waals surface area contributed by atoms with Gasteiger partial charge in [-0.25, -0.2) is 4.39 Å². The molecule has 1 heterocycles. The maximum Gasteiger partial charge on any atom is 0.311 e. The molecular formula is C11H9FO4. The fraction of sp³-hybridized carbons (Fsp3) is 0.273. The summed E-state index contributed by atoms with van der Waals surface area (Å²) in [5, 5.41) is 8.90. The van der Waals surface area contributed by atoms with Crippen LogP contribution >= 0.6 is 0 Å². The Morgan fingerprint density at radius 3 is 2.75 bits per heavy atom. The van der Waals surface area contributed by atoms with Crippen LogP contribution < -0.4 is 0 Å². The SMILES string of the molecule is O=C1C[C@H](C(=O)O)[C@@H](c2ccccc2F)O1. The van der Waals surface area contributed by atoms with Crippen molar-refractivity contribution in [2.24, 2.45) is 5.92 Å². The zero-order valence-electron chi connectivity index (χ0n) is 8.22. The predicted molar refractivity (Wildman–Crippen MR) is 51.0 cm³/mol. The molecule has 0 bridgehead atoms. The first-order valence-electron chi connectivity index (χ1n) is 4.76. The first-order chi connectivity index (χ1) is 7.59. The van der Waals surface area contributed by atoms with Crippen LogP contribution in [0.4, 0.5) is 4.39 Å². The summed E-state index contributed by atoms with van der Waals surface area (Å²) >= 11 is 0. The van der Waals surface area contributed by atoms with Crippen molar-refractivity contribution in [2.45, 2.75) is 12.5 Å². The molecule has 0 unspecified atom stereocenters. The highest BCUT2D eigenvalue weighted by Crippen LogP contribution is 2.36. The van der Waals surface area contributed by atoms with Crippen LogP contribution in [0.1, 0.15) is 18.1 Å². The molecule has 4 nitrogen and oxygen atoms in total. The third-order valence-corrected chi connectivity index (χ3v) is 2.54. The highest BCUT2D eigenvalue weighted by Gasteiger charge is 2.41. The fourth-order valence-electron chi connectivity index (χ4n) is 1.76. The minimum absolute atomic E-state index is 0.112. The van der Waals surface area contributed by atoms with Crippen LogP contribution in [-0.2, 0) is 14.3 Å². The maximum absolute atomic E-state index is 13.4. The van der Waals surface area contributed by atoms with Gasteiger partial charge in [-0.2, -0.15) is 0 Å². The molecule has 5 heteroatoms. The number of cyclic esters (lactones) is 1. The second-order valence-corrected chi connectivity index (χ2v) is 3.58. The first kappa shape index (κ1) is 10.6. The molecule has 0 saturated carbocycles. The third-order valence-electron chi connectivity index (χ3n) is 2.54. The van der Waals surface area contributed by atoms with Crippen molar-refractivity contribution in [3.8, 4) is 0 Å². The summed E-state index contributed by atoms with van der Waals surface area (Å²) in [5.41, 5.74) is 0.112. The van der Waals surface area contributed by atoms with E-state index in [1.165, 1.54) is 18.2 Å². The Balaban J connectivity index is 2.36. The van der Waals surface area contributed by atoms with E-state index < -0.39 is 29.8 Å². The number of carbonyl (C=O) groups is 2. The number of halogens is 1. The highest BCUT2D eigenvalue weighted by atomic mass is 19.1. The molecule has 1 aromatic carbocycles. The molecule has 0 spiro atoms. The van der Waals surface area contributed by atoms with E-state index in [4.69, 9.17) is 9.84 Å². The average molecular weight is 224 g/mol. The molecule has 1 aliphatic heterocycles. The number of rotatable bonds is 2. The van der Waals surface area contributed by atoms with Gasteiger partial charge in [0.05, 0.1) is 6.42 Å². The van der Waals surface area contributed by atoms with Crippen LogP contribution in [0.2, 0.25) is 0 Å². The number of ether oxygens (including phenoxy) is 1. The summed E-state index contributed by atoms with van der Waals surface area (Å²) in [5.74, 6) is -3.34. The zero-order valence-corrected chi connectivity index (χ0v) is 8.22. The van der Waals surface area contributed by atoms with Crippen LogP contribution in [0.15, 0.2) is 24.3 Å². The van der Waals surface area contributed by atoms with Crippen LogP contribution in [-0.4, -0.2) is 17.0 Å². The van der Waals surface area contributed by atoms with Crippen molar-refractivity contribution < 1.29 is 23.8 Å². The largest absolute Gasteiger partial charge is 0.481 e. The number of aliphatic carboxylic acids is 1. The molecule has 1 aliphatic rings. The van der Waals surface area contributed by atoms with Gasteiger partial charge >= 0.3 is 11.9 Å². The number of carboxylic acids is 1. The Labute approximate surface area is 90.6 Å². The van der Waals surface area contributed by atoms with Gasteiger partial charge in [0.25, 0.3) is 0 Å². The number of carbonyl (C=O) groups excluding carboxylic acids is 1. The van der Waals surface area contributed by atoms with Crippen molar-refractivity contribution in [1.82, 2.24) is 0 Å². The standard InChI is InChI=1S/C11H9FO4/c12-8-4-2-1-3-6(8)10-7(11(14)15)5-9(13)16-10/h1-4,7,10H,5H2,(H,14,15)/t7-,10+/m0/s1. The van der Waals surface area contributed by atoms with Crippen LogP contribution in [0.25, 0.3) is 0 Å². The number of hydrogen-bond donors (Lipinski definition) is 1. The van der Waals surface area contributed by atoms with E-state index in [9.17, 15) is 14.0 Å². The van der Waals surface area contributed by atoms with Gasteiger partial charge in [-0.15, -0.1) is 0 Å². The van der Waals surface area contributed by atoms with Gasteiger partial charge in [0.15, 0.2) is 0 Å². The fourth-order valence-corrected chi connectivity index (χ4v) is 1.76. The molecule has 1 aromatic rings. The van der Waals surface area contributed by atoms with Gasteiger partial charge in [0.2, 0.25) is 0 Å². The topological polar surface area (TPSA) is 63.6 Å². The molecule has 84 valence electrons. The lowest BCUT2D eigenvalue weighted by Crippen LogP contribution is -2.18. The molecular weight excluding hydrogens is 215 g/mol. The lowest BCUT2D eigenvalue weighted by Gasteiger charge is -2.14. The second-order valence-electron chi connectivity index (χ2n) is 3.58. The minimum atomic E-state index is -1.15. The zero-order chi connectivity index (χ0) is 11.7. The summed E-state index contributed by atoms with van der Waals surface area (Å²) in [6, 6.07) is 5.70. The van der Waals surface area contributed by atoms with E-state index in [1.807, 2.05) is 0 Å². The Kier molecular flexibility index (Phi) is 2.60. The van der Waals surface area contributed by atoms with Crippen LogP contribution in [0.3, 0.4) is 0 Å². The number of carboxylic acid groups (broad SMARTS) is 1. The summed E-state index contributed by atoms with van der Waals surface area (Å²) in [6.45, 7) is 0. The smallest absolute Gasteiger partial charge is 0.311 e. The van der Waals surface area contributed by atoms with E-state index in [1.54, 1.807) is 6.07 Å². The van der Waals surface area contributed by atoms with Gasteiger partial charge < -0.3 is 9.84 Å². The molecule has 0 radical (unpaired) electrons. The number of hydrogen-bond acceptors (Lipinski definition) is 3. The molecule has 1 saturated heterocycles. The average Bonchev–Trinajstić information content (AvgIpc) is 2.61. The molecule has 2 atom stereocenters. The van der Waals surface area contributed by atoms with Crippen molar-refractivity contribution in [3.63, 3.8) is 0 Å². The normalized spacial score (nSPS) is 24.2. The molecule has 0 amide bonds. The Morgan fingerprint density at radius 1 is 1.44 bits per heavy atom. The maximum atomic E-state index is 13.4. The van der Waals surface area contributed by atoms with E-state index >= 15 is 0 Å². The monoisotopic (exact) mass is 224 g/mol. The van der Waals surface area contributed by atoms with E-state index in [0.29, 0.717) is 0 Å². The third kappa shape index (κ3) is 1.76. The van der Waals surface area contributed by atoms with Crippen molar-refractivity contribution in [3.05, 3.63) is 35.6 Å². The van der Waals surface area contributed by atoms with E-state index in [0.717, 1.165) is 0 Å². The Bertz CT molecular complexity index is 443. The Hall–Kier alpha value is -1.91. The highest BCUT2D eigenvalue weighted by molar-refractivity contribution is 5.82. The summed E-state index contributed by atoms with van der Waals surface area (Å²) in [4.78, 5) is 21.9. The van der Waals surface area contributed by atoms with Crippen molar-refractivity contribution >= 4 is 11.9 Å². The van der Waals surface area contributed by atoms with Crippen molar-refractivity contribution in [1.29, 1.82) is 0 Å². The predicted octanol–water partition coefficient (Wildman–Crippen LogP) is 1.51. The molecule has 1 fully saturated rings. The second kappa shape index (κ2) is 3.92. The lowest BCUT2D eigenvalue weighted by atomic mass is 9.95. The quantitative estimate of drug-likeness (QED) is 0.773. The van der Waals surface area contributed by atoms with Gasteiger partial charge in [0, 0.05) is 5.56 Å². The minimum Gasteiger partial charge on any atom is -0.481 e. The van der Waals surface area contributed by atoms with Gasteiger partial charge in [-0.3, -0.25) is 9.59 Å². The summed E-state index contributed by atoms with van der Waals surface area (Å²) < 4.78 is 18.3. The molecule has 1 N–H and O–H groups in total. The molecule has 0 aromatic heterocycles. The first-order valence-corrected chi connectivity index (χ1v) is 4.76. The van der Waals surface area contributed by atoms with Gasteiger partial charge in [-0.05, 0) is 6.07 Å². The summed E-state index contributed by atoms with van der Waals surface area (Å²) in [7, 11) is 0. The number of benzene rings is 1. The van der Waals surface area contributed by atoms with Crippen LogP contribution in [0, 0.1) is 11.7 Å². The summed E-state index contributed by atoms with van der Waals surface area (Å²) in [6.07, 6.45) is -1.24. The number of esters is 1. The van der Waals surface area contributed by atoms with Gasteiger partial charge in [0.1, 0.15) is 17.8 Å². The lowest BCUT2D eigenvalue weighted by molar-refractivity contribution is -0.144. The van der Waals surface area contributed by atoms with Crippen molar-refractivity contribution in [2.75, 3.05) is 0 Å². The van der Waals surface area contributed by atoms with E-state index in [-0.39, 0.29) is 12.0 Å². The molecule has 16 heavy (non-hydrogen) atoms. The molecule has 2 rings (SSSR count). The van der Waals surface area contributed by atoms with Crippen LogP contribution in [0.5, 0.6) is 0 Å². The van der Waals surface area contributed by atoms with E-state index in [2.05, 4.69) is 0 Å². The Morgan fingerprint density at radius 2 is 2.12 bits per heavy atom.